The molecule has 1 fully saturated rings. The molecule has 0 aromatic rings. The first kappa shape index (κ1) is 13.5. The minimum Gasteiger partial charge on any atom is -0.381 e. The van der Waals surface area contributed by atoms with Crippen LogP contribution in [0, 0.1) is 11.8 Å². The lowest BCUT2D eigenvalue weighted by atomic mass is 9.99. The Kier molecular flexibility index (Phi) is 6.42. The highest BCUT2D eigenvalue weighted by Crippen LogP contribution is 2.14. The van der Waals surface area contributed by atoms with Crippen molar-refractivity contribution >= 4 is 5.91 Å². The van der Waals surface area contributed by atoms with Crippen LogP contribution in [0.2, 0.25) is 0 Å². The van der Waals surface area contributed by atoms with E-state index >= 15 is 0 Å². The number of amides is 1. The van der Waals surface area contributed by atoms with Gasteiger partial charge in [-0.15, -0.1) is 0 Å². The summed E-state index contributed by atoms with van der Waals surface area (Å²) in [6.07, 6.45) is 4.01. The first-order chi connectivity index (χ1) is 7.77. The number of nitrogens with two attached hydrogens (primary N) is 1. The van der Waals surface area contributed by atoms with E-state index in [-0.39, 0.29) is 11.8 Å². The monoisotopic (exact) mass is 228 g/mol. The molecule has 1 amide bonds. The van der Waals surface area contributed by atoms with E-state index in [0.717, 1.165) is 38.8 Å². The molecule has 3 N–H and O–H groups in total. The summed E-state index contributed by atoms with van der Waals surface area (Å²) in [4.78, 5) is 11.8. The summed E-state index contributed by atoms with van der Waals surface area (Å²) in [5.74, 6) is 0.720. The highest BCUT2D eigenvalue weighted by molar-refractivity contribution is 5.78. The predicted molar refractivity (Wildman–Crippen MR) is 64.0 cm³/mol. The van der Waals surface area contributed by atoms with Crippen LogP contribution in [0.3, 0.4) is 0 Å². The maximum atomic E-state index is 11.8. The number of carbonyl (C=O) groups is 1. The van der Waals surface area contributed by atoms with Crippen molar-refractivity contribution in [2.75, 3.05) is 26.3 Å². The smallest absolute Gasteiger partial charge is 0.225 e. The molecule has 16 heavy (non-hydrogen) atoms. The van der Waals surface area contributed by atoms with Gasteiger partial charge in [0.05, 0.1) is 12.5 Å². The predicted octanol–water partition coefficient (Wildman–Crippen LogP) is 0.904. The van der Waals surface area contributed by atoms with Crippen molar-refractivity contribution in [3.8, 4) is 0 Å². The first-order valence-electron chi connectivity index (χ1n) is 6.33. The van der Waals surface area contributed by atoms with E-state index in [1.807, 2.05) is 0 Å². The van der Waals surface area contributed by atoms with Crippen molar-refractivity contribution in [3.05, 3.63) is 0 Å². The first-order valence-corrected chi connectivity index (χ1v) is 6.33. The maximum Gasteiger partial charge on any atom is 0.225 e. The third-order valence-corrected chi connectivity index (χ3v) is 3.25. The molecule has 0 aromatic heterocycles. The summed E-state index contributed by atoms with van der Waals surface area (Å²) in [7, 11) is 0. The van der Waals surface area contributed by atoms with Crippen LogP contribution >= 0.6 is 0 Å². The molecule has 1 rings (SSSR count). The average Bonchev–Trinajstić information content (AvgIpc) is 2.35. The lowest BCUT2D eigenvalue weighted by molar-refractivity contribution is -0.129. The number of nitrogens with one attached hydrogen (secondary N) is 1. The Morgan fingerprint density at radius 2 is 2.44 bits per heavy atom. The van der Waals surface area contributed by atoms with Gasteiger partial charge in [0, 0.05) is 13.2 Å². The zero-order valence-electron chi connectivity index (χ0n) is 10.2. The molecule has 1 aliphatic rings. The zero-order chi connectivity index (χ0) is 11.8. The summed E-state index contributed by atoms with van der Waals surface area (Å²) in [5.41, 5.74) is 5.52. The lowest BCUT2D eigenvalue weighted by Crippen LogP contribution is -2.38. The summed E-state index contributed by atoms with van der Waals surface area (Å²) in [6, 6.07) is 0. The molecule has 0 spiro atoms. The van der Waals surface area contributed by atoms with E-state index < -0.39 is 0 Å². The van der Waals surface area contributed by atoms with E-state index in [1.54, 1.807) is 0 Å². The van der Waals surface area contributed by atoms with Crippen LogP contribution in [0.15, 0.2) is 0 Å². The van der Waals surface area contributed by atoms with Crippen molar-refractivity contribution in [2.45, 2.75) is 32.6 Å². The van der Waals surface area contributed by atoms with Crippen LogP contribution in [-0.2, 0) is 9.53 Å². The second kappa shape index (κ2) is 7.63. The van der Waals surface area contributed by atoms with Gasteiger partial charge in [-0.2, -0.15) is 0 Å². The van der Waals surface area contributed by atoms with Gasteiger partial charge in [-0.25, -0.2) is 0 Å². The standard InChI is InChI=1S/C12H24N2O2/c1-2-10(5-6-13)8-14-12(15)11-4-3-7-16-9-11/h10-11H,2-9,13H2,1H3,(H,14,15). The molecule has 4 nitrogen and oxygen atoms in total. The summed E-state index contributed by atoms with van der Waals surface area (Å²) >= 11 is 0. The highest BCUT2D eigenvalue weighted by Gasteiger charge is 2.21. The van der Waals surface area contributed by atoms with Crippen LogP contribution in [0.25, 0.3) is 0 Å². The Bertz CT molecular complexity index is 203. The van der Waals surface area contributed by atoms with Crippen molar-refractivity contribution in [3.63, 3.8) is 0 Å². The van der Waals surface area contributed by atoms with Crippen molar-refractivity contribution in [2.24, 2.45) is 17.6 Å². The third kappa shape index (κ3) is 4.49. The lowest BCUT2D eigenvalue weighted by Gasteiger charge is -2.22. The van der Waals surface area contributed by atoms with Crippen LogP contribution in [0.4, 0.5) is 0 Å². The molecule has 94 valence electrons. The molecular weight excluding hydrogens is 204 g/mol. The normalized spacial score (nSPS) is 22.8. The van der Waals surface area contributed by atoms with Gasteiger partial charge in [-0.05, 0) is 31.7 Å². The fourth-order valence-corrected chi connectivity index (χ4v) is 2.02. The molecule has 1 heterocycles. The Morgan fingerprint density at radius 1 is 1.62 bits per heavy atom. The Hall–Kier alpha value is -0.610. The maximum absolute atomic E-state index is 11.8. The van der Waals surface area contributed by atoms with Crippen LogP contribution in [0.5, 0.6) is 0 Å². The minimum atomic E-state index is 0.0594. The minimum absolute atomic E-state index is 0.0594. The topological polar surface area (TPSA) is 64.3 Å². The summed E-state index contributed by atoms with van der Waals surface area (Å²) < 4.78 is 5.30. The van der Waals surface area contributed by atoms with Crippen molar-refractivity contribution in [1.29, 1.82) is 0 Å². The van der Waals surface area contributed by atoms with Crippen molar-refractivity contribution < 1.29 is 9.53 Å². The SMILES string of the molecule is CCC(CCN)CNC(=O)C1CCCOC1. The Balaban J connectivity index is 2.22. The fraction of sp³-hybridized carbons (Fsp3) is 0.917. The van der Waals surface area contributed by atoms with Crippen LogP contribution in [0.1, 0.15) is 32.6 Å². The number of rotatable bonds is 6. The van der Waals surface area contributed by atoms with E-state index in [9.17, 15) is 4.79 Å². The quantitative estimate of drug-likeness (QED) is 0.710. The molecule has 2 unspecified atom stereocenters. The van der Waals surface area contributed by atoms with E-state index in [1.165, 1.54) is 0 Å². The van der Waals surface area contributed by atoms with E-state index in [0.29, 0.717) is 19.1 Å². The Morgan fingerprint density at radius 3 is 3.00 bits per heavy atom. The van der Waals surface area contributed by atoms with E-state index in [2.05, 4.69) is 12.2 Å². The van der Waals surface area contributed by atoms with Gasteiger partial charge in [0.2, 0.25) is 5.91 Å². The fourth-order valence-electron chi connectivity index (χ4n) is 2.02. The molecule has 0 bridgehead atoms. The van der Waals surface area contributed by atoms with Gasteiger partial charge in [0.15, 0.2) is 0 Å². The molecule has 4 heteroatoms. The van der Waals surface area contributed by atoms with Crippen molar-refractivity contribution in [1.82, 2.24) is 5.32 Å². The number of ether oxygens (including phenoxy) is 1. The van der Waals surface area contributed by atoms with Gasteiger partial charge in [-0.3, -0.25) is 4.79 Å². The molecule has 0 saturated carbocycles. The molecule has 2 atom stereocenters. The molecule has 1 aliphatic heterocycles. The number of hydrogen-bond donors (Lipinski definition) is 2. The second-order valence-corrected chi connectivity index (χ2v) is 4.51. The second-order valence-electron chi connectivity index (χ2n) is 4.51. The van der Waals surface area contributed by atoms with E-state index in [4.69, 9.17) is 10.5 Å². The number of hydrogen-bond acceptors (Lipinski definition) is 3. The van der Waals surface area contributed by atoms with Crippen LogP contribution in [-0.4, -0.2) is 32.2 Å². The third-order valence-electron chi connectivity index (χ3n) is 3.25. The van der Waals surface area contributed by atoms with Gasteiger partial charge in [0.25, 0.3) is 0 Å². The summed E-state index contributed by atoms with van der Waals surface area (Å²) in [5, 5.41) is 3.01. The summed E-state index contributed by atoms with van der Waals surface area (Å²) in [6.45, 7) is 4.97. The number of carbonyl (C=O) groups excluding carboxylic acids is 1. The molecule has 0 radical (unpaired) electrons. The molecule has 0 aromatic carbocycles. The average molecular weight is 228 g/mol. The molecular formula is C12H24N2O2. The molecule has 0 aliphatic carbocycles. The van der Waals surface area contributed by atoms with Gasteiger partial charge in [-0.1, -0.05) is 13.3 Å². The van der Waals surface area contributed by atoms with Crippen LogP contribution < -0.4 is 11.1 Å². The Labute approximate surface area is 97.9 Å². The largest absolute Gasteiger partial charge is 0.381 e. The van der Waals surface area contributed by atoms with Gasteiger partial charge < -0.3 is 15.8 Å². The van der Waals surface area contributed by atoms with Gasteiger partial charge in [0.1, 0.15) is 0 Å². The van der Waals surface area contributed by atoms with Gasteiger partial charge >= 0.3 is 0 Å². The highest BCUT2D eigenvalue weighted by atomic mass is 16.5. The molecule has 1 saturated heterocycles. The zero-order valence-corrected chi connectivity index (χ0v) is 10.2.